The number of phosphoric ester groups is 1. The van der Waals surface area contributed by atoms with E-state index in [1.54, 1.807) is 12.2 Å². The second-order valence-electron chi connectivity index (χ2n) is 8.29. The number of fused-ring (bicyclic) bond motifs is 1. The van der Waals surface area contributed by atoms with Crippen molar-refractivity contribution in [2.75, 3.05) is 18.6 Å². The van der Waals surface area contributed by atoms with E-state index >= 15 is 0 Å². The van der Waals surface area contributed by atoms with Gasteiger partial charge in [0.15, 0.2) is 17.7 Å². The molecule has 38 heavy (non-hydrogen) atoms. The fourth-order valence-electron chi connectivity index (χ4n) is 3.68. The SMILES string of the molecule is CCCC=CC1(N)NC(=O)c2ncn([C@@H]3O[C@H](COP(=O)(O)OP(=O)(O)OP(=O)(O)O)[C@@H](O)[C@H]3O)c2N1C. The highest BCUT2D eigenvalue weighted by Crippen LogP contribution is 2.66. The summed E-state index contributed by atoms with van der Waals surface area (Å²) in [6.45, 7) is 0.945. The molecule has 19 nitrogen and oxygen atoms in total. The third-order valence-electron chi connectivity index (χ3n) is 5.43. The summed E-state index contributed by atoms with van der Waals surface area (Å²) in [6, 6.07) is 0. The number of hydrogen-bond donors (Lipinski definition) is 8. The minimum Gasteiger partial charge on any atom is -0.387 e. The number of allylic oxidation sites excluding steroid dienone is 1. The van der Waals surface area contributed by atoms with Crippen molar-refractivity contribution in [1.29, 1.82) is 0 Å². The van der Waals surface area contributed by atoms with Crippen LogP contribution >= 0.6 is 23.5 Å². The summed E-state index contributed by atoms with van der Waals surface area (Å²) in [5.74, 6) is -1.99. The highest BCUT2D eigenvalue weighted by atomic mass is 31.3. The van der Waals surface area contributed by atoms with Gasteiger partial charge in [-0.1, -0.05) is 19.4 Å². The highest BCUT2D eigenvalue weighted by Gasteiger charge is 2.49. The van der Waals surface area contributed by atoms with Crippen LogP contribution in [0, 0.1) is 0 Å². The topological polar surface area (TPSA) is 286 Å². The molecular formula is C16H28N5O14P3. The van der Waals surface area contributed by atoms with Crippen molar-refractivity contribution >= 4 is 35.2 Å². The zero-order valence-corrected chi connectivity index (χ0v) is 22.6. The number of imidazole rings is 1. The zero-order chi connectivity index (χ0) is 28.7. The van der Waals surface area contributed by atoms with Gasteiger partial charge in [-0.3, -0.25) is 19.6 Å². The number of carbonyl (C=O) groups excluding carboxylic acids is 1. The quantitative estimate of drug-likeness (QED) is 0.110. The van der Waals surface area contributed by atoms with Gasteiger partial charge in [-0.25, -0.2) is 18.7 Å². The van der Waals surface area contributed by atoms with E-state index in [0.29, 0.717) is 6.42 Å². The number of likely N-dealkylation sites (N-methyl/N-ethyl adjacent to an activating group) is 1. The monoisotopic (exact) mass is 607 g/mol. The maximum Gasteiger partial charge on any atom is 0.490 e. The Balaban J connectivity index is 1.77. The van der Waals surface area contributed by atoms with Gasteiger partial charge in [-0.15, -0.1) is 0 Å². The molecule has 0 bridgehead atoms. The van der Waals surface area contributed by atoms with Crippen LogP contribution in [0.15, 0.2) is 18.5 Å². The number of rotatable bonds is 11. The Bertz CT molecular complexity index is 1220. The lowest BCUT2D eigenvalue weighted by Crippen LogP contribution is -2.68. The third kappa shape index (κ3) is 6.96. The number of unbranched alkanes of at least 4 members (excludes halogenated alkanes) is 1. The molecule has 1 aromatic rings. The summed E-state index contributed by atoms with van der Waals surface area (Å²) >= 11 is 0. The van der Waals surface area contributed by atoms with Gasteiger partial charge >= 0.3 is 23.5 Å². The van der Waals surface area contributed by atoms with Gasteiger partial charge in [-0.2, -0.15) is 8.62 Å². The standard InChI is InChI=1S/C16H28N5O14P3/c1-3-4-5-6-16(17)19-13(24)10-14(20(16)2)21(8-18-10)15-12(23)11(22)9(33-15)7-32-37(28,29)35-38(30,31)34-36(25,26)27/h5-6,8-9,11-12,15,22-23H,3-4,7,17H2,1-2H3,(H,19,24)(H,28,29)(H,30,31)(H2,25,26,27)/t9-,11-,12-,15-,16?/m1/s1. The Kier molecular flexibility index (Phi) is 9.10. The average molecular weight is 607 g/mol. The molecule has 3 heterocycles. The van der Waals surface area contributed by atoms with Gasteiger partial charge in [0.1, 0.15) is 24.1 Å². The molecule has 1 amide bonds. The molecule has 9 N–H and O–H groups in total. The summed E-state index contributed by atoms with van der Waals surface area (Å²) in [6.07, 6.45) is -0.386. The minimum atomic E-state index is -5.75. The molecular weight excluding hydrogens is 579 g/mol. The van der Waals surface area contributed by atoms with Gasteiger partial charge in [-0.05, 0) is 12.5 Å². The van der Waals surface area contributed by atoms with Crippen molar-refractivity contribution in [1.82, 2.24) is 14.9 Å². The lowest BCUT2D eigenvalue weighted by atomic mass is 10.1. The highest BCUT2D eigenvalue weighted by molar-refractivity contribution is 7.66. The van der Waals surface area contributed by atoms with Gasteiger partial charge in [0.2, 0.25) is 0 Å². The average Bonchev–Trinajstić information content (AvgIpc) is 3.31. The van der Waals surface area contributed by atoms with Gasteiger partial charge in [0.05, 0.1) is 12.9 Å². The number of amides is 1. The number of aliphatic hydroxyl groups excluding tert-OH is 2. The number of hydrogen-bond acceptors (Lipinski definition) is 13. The molecule has 0 aliphatic carbocycles. The normalized spacial score (nSPS) is 31.2. The summed E-state index contributed by atoms with van der Waals surface area (Å²) < 4.78 is 52.7. The largest absolute Gasteiger partial charge is 0.490 e. The first-order valence-electron chi connectivity index (χ1n) is 10.8. The van der Waals surface area contributed by atoms with Gasteiger partial charge in [0.25, 0.3) is 5.91 Å². The van der Waals surface area contributed by atoms with E-state index in [1.165, 1.54) is 16.5 Å². The lowest BCUT2D eigenvalue weighted by molar-refractivity contribution is -0.0515. The molecule has 1 saturated heterocycles. The van der Waals surface area contributed by atoms with E-state index in [9.17, 15) is 38.5 Å². The Labute approximate surface area is 215 Å². The predicted octanol–water partition coefficient (Wildman–Crippen LogP) is -1.01. The van der Waals surface area contributed by atoms with Crippen molar-refractivity contribution in [2.24, 2.45) is 5.73 Å². The molecule has 3 unspecified atom stereocenters. The van der Waals surface area contributed by atoms with E-state index in [-0.39, 0.29) is 11.5 Å². The van der Waals surface area contributed by atoms with Crippen LogP contribution in [0.4, 0.5) is 5.82 Å². The van der Waals surface area contributed by atoms with E-state index in [1.807, 2.05) is 6.92 Å². The van der Waals surface area contributed by atoms with Crippen molar-refractivity contribution in [3.63, 3.8) is 0 Å². The predicted molar refractivity (Wildman–Crippen MR) is 125 cm³/mol. The van der Waals surface area contributed by atoms with Crippen molar-refractivity contribution in [2.45, 2.75) is 50.1 Å². The maximum atomic E-state index is 12.7. The summed E-state index contributed by atoms with van der Waals surface area (Å²) in [5.41, 5.74) is 6.30. The number of nitrogens with one attached hydrogen (secondary N) is 1. The second-order valence-corrected chi connectivity index (χ2v) is 12.7. The molecule has 2 aliphatic rings. The molecule has 3 rings (SSSR count). The van der Waals surface area contributed by atoms with Crippen LogP contribution in [0.25, 0.3) is 0 Å². The number of ether oxygens (including phenoxy) is 1. The van der Waals surface area contributed by atoms with Crippen LogP contribution in [-0.2, 0) is 31.6 Å². The van der Waals surface area contributed by atoms with Crippen molar-refractivity contribution in [3.05, 3.63) is 24.2 Å². The molecule has 0 radical (unpaired) electrons. The Morgan fingerprint density at radius 1 is 1.18 bits per heavy atom. The number of nitrogens with two attached hydrogens (primary N) is 1. The molecule has 0 spiro atoms. The van der Waals surface area contributed by atoms with Crippen molar-refractivity contribution < 1.29 is 66.2 Å². The van der Waals surface area contributed by atoms with E-state index in [0.717, 1.165) is 12.7 Å². The number of carbonyl (C=O) groups is 1. The van der Waals surface area contributed by atoms with E-state index < -0.39 is 66.3 Å². The van der Waals surface area contributed by atoms with Crippen LogP contribution < -0.4 is 16.0 Å². The minimum absolute atomic E-state index is 0.0699. The molecule has 2 aliphatic heterocycles. The van der Waals surface area contributed by atoms with Crippen LogP contribution in [0.2, 0.25) is 0 Å². The maximum absolute atomic E-state index is 12.7. The first kappa shape index (κ1) is 31.0. The van der Waals surface area contributed by atoms with E-state index in [2.05, 4.69) is 23.4 Å². The zero-order valence-electron chi connectivity index (χ0n) is 19.9. The first-order chi connectivity index (χ1) is 17.4. The van der Waals surface area contributed by atoms with Crippen LogP contribution in [-0.4, -0.2) is 83.0 Å². The van der Waals surface area contributed by atoms with Crippen molar-refractivity contribution in [3.8, 4) is 0 Å². The number of aromatic nitrogens is 2. The molecule has 0 aromatic carbocycles. The smallest absolute Gasteiger partial charge is 0.387 e. The Morgan fingerprint density at radius 2 is 1.84 bits per heavy atom. The van der Waals surface area contributed by atoms with Gasteiger partial charge < -0.3 is 44.7 Å². The fraction of sp³-hybridized carbons (Fsp3) is 0.625. The number of phosphoric acid groups is 3. The summed E-state index contributed by atoms with van der Waals surface area (Å²) in [7, 11) is -15.3. The number of anilines is 1. The molecule has 0 saturated carbocycles. The van der Waals surface area contributed by atoms with Crippen LogP contribution in [0.1, 0.15) is 36.5 Å². The van der Waals surface area contributed by atoms with Gasteiger partial charge in [0, 0.05) is 7.05 Å². The molecule has 1 fully saturated rings. The number of aliphatic hydroxyl groups is 2. The first-order valence-corrected chi connectivity index (χ1v) is 15.3. The third-order valence-corrected chi connectivity index (χ3v) is 9.23. The lowest BCUT2D eigenvalue weighted by Gasteiger charge is -2.42. The Hall–Kier alpha value is -1.53. The summed E-state index contributed by atoms with van der Waals surface area (Å²) in [5, 5.41) is 23.6. The van der Waals surface area contributed by atoms with Crippen LogP contribution in [0.5, 0.6) is 0 Å². The second kappa shape index (κ2) is 11.2. The number of nitrogens with zero attached hydrogens (tertiary/aromatic N) is 3. The molecule has 22 heteroatoms. The fourth-order valence-corrected chi connectivity index (χ4v) is 6.71. The molecule has 7 atom stereocenters. The molecule has 216 valence electrons. The summed E-state index contributed by atoms with van der Waals surface area (Å²) in [4.78, 5) is 54.1. The van der Waals surface area contributed by atoms with E-state index in [4.69, 9.17) is 20.3 Å². The Morgan fingerprint density at radius 3 is 2.45 bits per heavy atom. The van der Waals surface area contributed by atoms with Crippen LogP contribution in [0.3, 0.4) is 0 Å². The molecule has 1 aromatic heterocycles.